The molecule has 3 aromatic carbocycles. The van der Waals surface area contributed by atoms with E-state index in [4.69, 9.17) is 14.0 Å². The molecule has 2 aliphatic heterocycles. The van der Waals surface area contributed by atoms with Crippen LogP contribution in [0.4, 0.5) is 11.4 Å². The molecule has 0 atom stereocenters. The number of rotatable bonds is 5. The molecule has 0 radical (unpaired) electrons. The molecule has 5 rings (SSSR count). The lowest BCUT2D eigenvalue weighted by Gasteiger charge is -2.32. The lowest BCUT2D eigenvalue weighted by molar-refractivity contribution is 0.00578. The fraction of sp³-hybridized carbons (Fsp3) is 0.296. The number of esters is 1. The van der Waals surface area contributed by atoms with Crippen LogP contribution in [-0.2, 0) is 14.0 Å². The van der Waals surface area contributed by atoms with Crippen LogP contribution >= 0.6 is 0 Å². The van der Waals surface area contributed by atoms with E-state index < -0.39 is 18.3 Å². The van der Waals surface area contributed by atoms with Crippen LogP contribution in [0.1, 0.15) is 50.5 Å². The second kappa shape index (κ2) is 8.77. The molecule has 1 fully saturated rings. The topological polar surface area (TPSA) is 68.8 Å². The van der Waals surface area contributed by atoms with Crippen LogP contribution in [0.3, 0.4) is 0 Å². The second-order valence-electron chi connectivity index (χ2n) is 9.98. The Morgan fingerprint density at radius 3 is 1.97 bits per heavy atom. The first-order chi connectivity index (χ1) is 16.7. The minimum absolute atomic E-state index is 0.186. The zero-order valence-corrected chi connectivity index (χ0v) is 20.8. The van der Waals surface area contributed by atoms with Crippen molar-refractivity contribution in [3.8, 4) is 0 Å². The van der Waals surface area contributed by atoms with Crippen molar-refractivity contribution in [3.63, 3.8) is 0 Å². The zero-order valence-electron chi connectivity index (χ0n) is 20.8. The molecule has 6 nitrogen and oxygen atoms in total. The SMILES string of the molecule is CCOC(=O)c1ccc(/C(=C/B2Nc3cccc4cccc(c34)N2)B2OC(C)(C)C(C)(C)O2)cc1. The highest BCUT2D eigenvalue weighted by molar-refractivity contribution is 6.79. The Morgan fingerprint density at radius 1 is 0.886 bits per heavy atom. The number of benzene rings is 3. The molecule has 2 N–H and O–H groups in total. The summed E-state index contributed by atoms with van der Waals surface area (Å²) in [5.74, 6) is 1.77. The quantitative estimate of drug-likeness (QED) is 0.376. The lowest BCUT2D eigenvalue weighted by atomic mass is 9.63. The smallest absolute Gasteiger partial charge is 0.462 e. The summed E-state index contributed by atoms with van der Waals surface area (Å²) in [5.41, 5.74) is 3.50. The Kier molecular flexibility index (Phi) is 5.90. The maximum absolute atomic E-state index is 12.2. The minimum atomic E-state index is -0.565. The molecule has 0 aromatic heterocycles. The van der Waals surface area contributed by atoms with Crippen LogP contribution in [0, 0.1) is 0 Å². The second-order valence-corrected chi connectivity index (χ2v) is 9.98. The third-order valence-corrected chi connectivity index (χ3v) is 7.11. The van der Waals surface area contributed by atoms with Crippen molar-refractivity contribution in [2.75, 3.05) is 17.1 Å². The van der Waals surface area contributed by atoms with Gasteiger partial charge in [0, 0.05) is 16.8 Å². The summed E-state index contributed by atoms with van der Waals surface area (Å²) in [6, 6.07) is 19.9. The lowest BCUT2D eigenvalue weighted by Crippen LogP contribution is -2.41. The Balaban J connectivity index is 1.52. The fourth-order valence-electron chi connectivity index (χ4n) is 4.51. The van der Waals surface area contributed by atoms with Crippen molar-refractivity contribution in [3.05, 3.63) is 77.8 Å². The van der Waals surface area contributed by atoms with E-state index in [0.717, 1.165) is 22.4 Å². The van der Waals surface area contributed by atoms with Crippen molar-refractivity contribution >= 4 is 47.7 Å². The van der Waals surface area contributed by atoms with Crippen LogP contribution in [0.25, 0.3) is 16.2 Å². The summed E-state index contributed by atoms with van der Waals surface area (Å²) in [5, 5.41) is 9.56. The van der Waals surface area contributed by atoms with Crippen LogP contribution in [0.5, 0.6) is 0 Å². The average Bonchev–Trinajstić information content (AvgIpc) is 3.04. The first-order valence-electron chi connectivity index (χ1n) is 12.1. The number of hydrogen-bond acceptors (Lipinski definition) is 6. The standard InChI is InChI=1S/C27H30B2N2O4/c1-6-33-25(32)20-15-13-18(14-16-20)21(29-34-26(2,3)27(4,5)35-29)17-28-30-22-11-7-9-19-10-8-12-23(31-28)24(19)22/h7-17,30-31H,6H2,1-5H3/b21-17-. The number of anilines is 2. The molecule has 0 aliphatic carbocycles. The van der Waals surface area contributed by atoms with E-state index in [1.807, 2.05) is 39.8 Å². The molecular formula is C27H30B2N2O4. The third kappa shape index (κ3) is 4.32. The van der Waals surface area contributed by atoms with Gasteiger partial charge in [-0.25, -0.2) is 4.79 Å². The molecule has 2 heterocycles. The molecule has 0 spiro atoms. The predicted molar refractivity (Wildman–Crippen MR) is 143 cm³/mol. The largest absolute Gasteiger partial charge is 0.494 e. The van der Waals surface area contributed by atoms with Gasteiger partial charge in [0.05, 0.1) is 23.4 Å². The number of carbonyl (C=O) groups excluding carboxylic acids is 1. The highest BCUT2D eigenvalue weighted by Gasteiger charge is 2.52. The molecule has 8 heteroatoms. The summed E-state index contributed by atoms with van der Waals surface area (Å²) in [6.07, 6.45) is 0. The molecule has 35 heavy (non-hydrogen) atoms. The molecule has 2 aliphatic rings. The van der Waals surface area contributed by atoms with Crippen molar-refractivity contribution < 1.29 is 18.8 Å². The van der Waals surface area contributed by atoms with E-state index in [9.17, 15) is 4.79 Å². The molecule has 1 saturated heterocycles. The van der Waals surface area contributed by atoms with Crippen LogP contribution in [0.15, 0.2) is 66.6 Å². The zero-order chi connectivity index (χ0) is 24.8. The van der Waals surface area contributed by atoms with Gasteiger partial charge in [0.15, 0.2) is 0 Å². The van der Waals surface area contributed by atoms with Gasteiger partial charge in [-0.05, 0) is 75.3 Å². The molecule has 3 aromatic rings. The van der Waals surface area contributed by atoms with Crippen LogP contribution in [0.2, 0.25) is 0 Å². The van der Waals surface area contributed by atoms with Gasteiger partial charge >= 0.3 is 20.1 Å². The number of carbonyl (C=O) groups is 1. The highest BCUT2D eigenvalue weighted by atomic mass is 16.7. The summed E-state index contributed by atoms with van der Waals surface area (Å²) >= 11 is 0. The van der Waals surface area contributed by atoms with E-state index >= 15 is 0 Å². The number of nitrogens with one attached hydrogen (secondary N) is 2. The predicted octanol–water partition coefficient (Wildman–Crippen LogP) is 5.60. The number of ether oxygens (including phenoxy) is 1. The van der Waals surface area contributed by atoms with E-state index in [-0.39, 0.29) is 13.0 Å². The van der Waals surface area contributed by atoms with Gasteiger partial charge in [-0.1, -0.05) is 42.4 Å². The molecule has 0 saturated carbocycles. The molecule has 178 valence electrons. The first-order valence-corrected chi connectivity index (χ1v) is 12.1. The van der Waals surface area contributed by atoms with E-state index in [0.29, 0.717) is 12.2 Å². The van der Waals surface area contributed by atoms with Crippen molar-refractivity contribution in [1.29, 1.82) is 0 Å². The van der Waals surface area contributed by atoms with Gasteiger partial charge in [-0.15, -0.1) is 0 Å². The van der Waals surface area contributed by atoms with Gasteiger partial charge in [0.25, 0.3) is 0 Å². The Bertz CT molecular complexity index is 1250. The molecule has 0 amide bonds. The summed E-state index contributed by atoms with van der Waals surface area (Å²) in [4.78, 5) is 12.2. The monoisotopic (exact) mass is 468 g/mol. The first kappa shape index (κ1) is 23.5. The van der Waals surface area contributed by atoms with E-state index in [2.05, 4.69) is 52.8 Å². The van der Waals surface area contributed by atoms with E-state index in [1.54, 1.807) is 19.1 Å². The molecule has 0 unspecified atom stereocenters. The normalized spacial score (nSPS) is 18.3. The number of hydrogen-bond donors (Lipinski definition) is 2. The maximum Gasteiger partial charge on any atom is 0.494 e. The van der Waals surface area contributed by atoms with Crippen LogP contribution in [-0.4, -0.2) is 37.9 Å². The van der Waals surface area contributed by atoms with Gasteiger partial charge < -0.3 is 24.5 Å². The highest BCUT2D eigenvalue weighted by Crippen LogP contribution is 2.41. The van der Waals surface area contributed by atoms with Crippen LogP contribution < -0.4 is 10.5 Å². The van der Waals surface area contributed by atoms with Gasteiger partial charge in [0.2, 0.25) is 0 Å². The van der Waals surface area contributed by atoms with Gasteiger partial charge in [-0.2, -0.15) is 0 Å². The van der Waals surface area contributed by atoms with E-state index in [1.165, 1.54) is 10.8 Å². The minimum Gasteiger partial charge on any atom is -0.462 e. The molecule has 0 bridgehead atoms. The Labute approximate surface area is 207 Å². The van der Waals surface area contributed by atoms with Gasteiger partial charge in [-0.3, -0.25) is 0 Å². The fourth-order valence-corrected chi connectivity index (χ4v) is 4.51. The van der Waals surface area contributed by atoms with Crippen molar-refractivity contribution in [2.45, 2.75) is 45.8 Å². The summed E-state index contributed by atoms with van der Waals surface area (Å²) in [7, 11) is -0.565. The summed E-state index contributed by atoms with van der Waals surface area (Å²) < 4.78 is 18.0. The molecular weight excluding hydrogens is 438 g/mol. The Hall–Kier alpha value is -3.22. The summed E-state index contributed by atoms with van der Waals surface area (Å²) in [6.45, 7) is 10.1. The Morgan fingerprint density at radius 2 is 1.43 bits per heavy atom. The third-order valence-electron chi connectivity index (χ3n) is 7.11. The van der Waals surface area contributed by atoms with Crippen molar-refractivity contribution in [2.24, 2.45) is 0 Å². The van der Waals surface area contributed by atoms with Gasteiger partial charge in [0.1, 0.15) is 0 Å². The maximum atomic E-state index is 12.2. The average molecular weight is 468 g/mol. The van der Waals surface area contributed by atoms with Crippen molar-refractivity contribution in [1.82, 2.24) is 0 Å².